The van der Waals surface area contributed by atoms with Gasteiger partial charge in [-0.2, -0.15) is 5.10 Å². The highest BCUT2D eigenvalue weighted by Gasteiger charge is 2.20. The summed E-state index contributed by atoms with van der Waals surface area (Å²) in [7, 11) is 0. The van der Waals surface area contributed by atoms with Crippen LogP contribution in [0.3, 0.4) is 0 Å². The summed E-state index contributed by atoms with van der Waals surface area (Å²) >= 11 is 12.9. The number of nitrogens with one attached hydrogen (secondary N) is 1. The van der Waals surface area contributed by atoms with Gasteiger partial charge in [0.15, 0.2) is 0 Å². The lowest BCUT2D eigenvalue weighted by Crippen LogP contribution is -2.27. The van der Waals surface area contributed by atoms with Crippen LogP contribution in [0.4, 0.5) is 10.5 Å². The minimum absolute atomic E-state index is 0.237. The zero-order valence-corrected chi connectivity index (χ0v) is 21.2. The molecule has 33 heavy (non-hydrogen) atoms. The molecule has 0 aliphatic heterocycles. The largest absolute Gasteiger partial charge is 0.487 e. The van der Waals surface area contributed by atoms with Crippen molar-refractivity contribution in [2.24, 2.45) is 0 Å². The maximum atomic E-state index is 12.1. The number of ether oxygens (including phenoxy) is 2. The fourth-order valence-corrected chi connectivity index (χ4v) is 3.89. The van der Waals surface area contributed by atoms with Crippen LogP contribution in [-0.4, -0.2) is 21.5 Å². The number of benzene rings is 2. The Bertz CT molecular complexity index is 1130. The fourth-order valence-electron chi connectivity index (χ4n) is 3.33. The van der Waals surface area contributed by atoms with Gasteiger partial charge in [0.05, 0.1) is 21.9 Å². The number of carbonyl (C=O) groups is 1. The number of rotatable bonds is 6. The Hall–Kier alpha value is -2.70. The molecule has 0 saturated carbocycles. The van der Waals surface area contributed by atoms with Gasteiger partial charge in [-0.25, -0.2) is 9.48 Å². The summed E-state index contributed by atoms with van der Waals surface area (Å²) in [5.74, 6) is 0.899. The van der Waals surface area contributed by atoms with Gasteiger partial charge in [0.1, 0.15) is 23.6 Å². The molecule has 0 unspecified atom stereocenters. The summed E-state index contributed by atoms with van der Waals surface area (Å²) in [6, 6.07) is 10.8. The number of anilines is 1. The van der Waals surface area contributed by atoms with Gasteiger partial charge in [0.2, 0.25) is 0 Å². The SMILES string of the molecule is Cc1cc(OCc2c(C(C)C)cnn2-c2c(Cl)cccc2Cl)ccc1NC(=O)OC(C)(C)C. The Kier molecular flexibility index (Phi) is 7.60. The van der Waals surface area contributed by atoms with Gasteiger partial charge in [-0.3, -0.25) is 5.32 Å². The van der Waals surface area contributed by atoms with Crippen molar-refractivity contribution in [3.8, 4) is 11.4 Å². The van der Waals surface area contributed by atoms with Crippen LogP contribution in [0.25, 0.3) is 5.69 Å². The number of aromatic nitrogens is 2. The molecule has 0 saturated heterocycles. The highest BCUT2D eigenvalue weighted by molar-refractivity contribution is 6.37. The van der Waals surface area contributed by atoms with Gasteiger partial charge in [0.25, 0.3) is 0 Å². The minimum Gasteiger partial charge on any atom is -0.487 e. The number of amides is 1. The lowest BCUT2D eigenvalue weighted by molar-refractivity contribution is 0.0635. The summed E-state index contributed by atoms with van der Waals surface area (Å²) in [6.07, 6.45) is 1.32. The number of nitrogens with zero attached hydrogens (tertiary/aromatic N) is 2. The molecule has 0 bridgehead atoms. The van der Waals surface area contributed by atoms with Crippen molar-refractivity contribution in [2.45, 2.75) is 59.7 Å². The van der Waals surface area contributed by atoms with Gasteiger partial charge in [-0.15, -0.1) is 0 Å². The number of para-hydroxylation sites is 1. The van der Waals surface area contributed by atoms with Gasteiger partial charge in [0, 0.05) is 5.69 Å². The molecule has 1 amide bonds. The molecule has 1 aromatic heterocycles. The van der Waals surface area contributed by atoms with Crippen LogP contribution in [0, 0.1) is 6.92 Å². The topological polar surface area (TPSA) is 65.4 Å². The van der Waals surface area contributed by atoms with E-state index in [1.54, 1.807) is 35.0 Å². The third-order valence-corrected chi connectivity index (χ3v) is 5.49. The van der Waals surface area contributed by atoms with Crippen LogP contribution in [0.5, 0.6) is 5.75 Å². The zero-order chi connectivity index (χ0) is 24.3. The monoisotopic (exact) mass is 489 g/mol. The molecule has 0 spiro atoms. The molecule has 1 heterocycles. The minimum atomic E-state index is -0.567. The van der Waals surface area contributed by atoms with E-state index < -0.39 is 11.7 Å². The highest BCUT2D eigenvalue weighted by atomic mass is 35.5. The average molecular weight is 490 g/mol. The molecule has 1 N–H and O–H groups in total. The number of halogens is 2. The molecule has 3 aromatic rings. The van der Waals surface area contributed by atoms with E-state index in [1.165, 1.54) is 0 Å². The van der Waals surface area contributed by atoms with Crippen molar-refractivity contribution in [2.75, 3.05) is 5.32 Å². The number of hydrogen-bond donors (Lipinski definition) is 1. The van der Waals surface area contributed by atoms with E-state index in [0.717, 1.165) is 16.8 Å². The predicted octanol–water partition coefficient (Wildman–Crippen LogP) is 7.54. The smallest absolute Gasteiger partial charge is 0.412 e. The number of hydrogen-bond acceptors (Lipinski definition) is 4. The van der Waals surface area contributed by atoms with Crippen molar-refractivity contribution >= 4 is 35.0 Å². The second kappa shape index (κ2) is 10.1. The normalized spacial score (nSPS) is 11.5. The second-order valence-corrected chi connectivity index (χ2v) is 9.89. The van der Waals surface area contributed by atoms with Crippen LogP contribution < -0.4 is 10.1 Å². The van der Waals surface area contributed by atoms with Crippen molar-refractivity contribution in [1.29, 1.82) is 0 Å². The van der Waals surface area contributed by atoms with Gasteiger partial charge in [-0.05, 0) is 75.1 Å². The summed E-state index contributed by atoms with van der Waals surface area (Å²) in [5, 5.41) is 8.33. The van der Waals surface area contributed by atoms with Crippen LogP contribution in [0.2, 0.25) is 10.0 Å². The van der Waals surface area contributed by atoms with Crippen molar-refractivity contribution < 1.29 is 14.3 Å². The summed E-state index contributed by atoms with van der Waals surface area (Å²) in [5.41, 5.74) is 3.49. The van der Waals surface area contributed by atoms with E-state index in [4.69, 9.17) is 32.7 Å². The van der Waals surface area contributed by atoms with Crippen molar-refractivity contribution in [3.05, 3.63) is 69.5 Å². The van der Waals surface area contributed by atoms with E-state index >= 15 is 0 Å². The molecule has 0 aliphatic rings. The third kappa shape index (κ3) is 6.21. The molecule has 0 aliphatic carbocycles. The van der Waals surface area contributed by atoms with E-state index in [2.05, 4.69) is 24.3 Å². The van der Waals surface area contributed by atoms with Crippen molar-refractivity contribution in [1.82, 2.24) is 9.78 Å². The van der Waals surface area contributed by atoms with E-state index in [9.17, 15) is 4.79 Å². The molecular formula is C25H29Cl2N3O3. The molecule has 0 fully saturated rings. The molecule has 3 rings (SSSR count). The van der Waals surface area contributed by atoms with Crippen molar-refractivity contribution in [3.63, 3.8) is 0 Å². The maximum absolute atomic E-state index is 12.1. The predicted molar refractivity (Wildman–Crippen MR) is 133 cm³/mol. The Labute approximate surface area is 204 Å². The quantitative estimate of drug-likeness (QED) is 0.388. The molecule has 2 aromatic carbocycles. The van der Waals surface area contributed by atoms with E-state index in [-0.39, 0.29) is 12.5 Å². The lowest BCUT2D eigenvalue weighted by Gasteiger charge is -2.20. The van der Waals surface area contributed by atoms with Crippen LogP contribution in [-0.2, 0) is 11.3 Å². The molecule has 0 radical (unpaired) electrons. The standard InChI is InChI=1S/C25H29Cl2N3O3/c1-15(2)18-13-28-30(23-19(26)8-7-9-20(23)27)22(18)14-32-17-10-11-21(16(3)12-17)29-24(31)33-25(4,5)6/h7-13,15H,14H2,1-6H3,(H,29,31). The number of aryl methyl sites for hydroxylation is 1. The molecular weight excluding hydrogens is 461 g/mol. The Morgan fingerprint density at radius 2 is 1.82 bits per heavy atom. The average Bonchev–Trinajstić information content (AvgIpc) is 3.10. The van der Waals surface area contributed by atoms with E-state index in [1.807, 2.05) is 40.0 Å². The zero-order valence-electron chi connectivity index (χ0n) is 19.7. The Morgan fingerprint density at radius 1 is 1.15 bits per heavy atom. The van der Waals surface area contributed by atoms with Gasteiger partial charge < -0.3 is 9.47 Å². The molecule has 0 atom stereocenters. The first-order valence-electron chi connectivity index (χ1n) is 10.7. The van der Waals surface area contributed by atoms with Crippen LogP contribution in [0.15, 0.2) is 42.6 Å². The summed E-state index contributed by atoms with van der Waals surface area (Å²) in [4.78, 5) is 12.1. The summed E-state index contributed by atoms with van der Waals surface area (Å²) < 4.78 is 13.2. The molecule has 6 nitrogen and oxygen atoms in total. The van der Waals surface area contributed by atoms with Crippen LogP contribution in [0.1, 0.15) is 57.4 Å². The van der Waals surface area contributed by atoms with Gasteiger partial charge in [-0.1, -0.05) is 43.1 Å². The van der Waals surface area contributed by atoms with Crippen LogP contribution >= 0.6 is 23.2 Å². The number of carbonyl (C=O) groups excluding carboxylic acids is 1. The first-order chi connectivity index (χ1) is 15.5. The third-order valence-electron chi connectivity index (χ3n) is 4.88. The molecule has 176 valence electrons. The highest BCUT2D eigenvalue weighted by Crippen LogP contribution is 2.32. The maximum Gasteiger partial charge on any atom is 0.412 e. The Balaban J connectivity index is 1.82. The second-order valence-electron chi connectivity index (χ2n) is 9.08. The van der Waals surface area contributed by atoms with Gasteiger partial charge >= 0.3 is 6.09 Å². The first kappa shape index (κ1) is 24.9. The Morgan fingerprint density at radius 3 is 2.39 bits per heavy atom. The molecule has 8 heteroatoms. The lowest BCUT2D eigenvalue weighted by atomic mass is 10.0. The fraction of sp³-hybridized carbons (Fsp3) is 0.360. The first-order valence-corrected chi connectivity index (χ1v) is 11.5. The van der Waals surface area contributed by atoms with E-state index in [0.29, 0.717) is 27.2 Å². The summed E-state index contributed by atoms with van der Waals surface area (Å²) in [6.45, 7) is 11.8.